The zero-order valence-electron chi connectivity index (χ0n) is 13.9. The first-order valence-electron chi connectivity index (χ1n) is 7.00. The average Bonchev–Trinajstić information content (AvgIpc) is 2.34. The molecule has 1 rings (SSSR count). The number of benzene rings is 1. The first-order valence-corrected chi connectivity index (χ1v) is 9.06. The van der Waals surface area contributed by atoms with Crippen LogP contribution in [0.15, 0.2) is 18.2 Å². The molecule has 9 heteroatoms. The molecule has 1 unspecified atom stereocenters. The summed E-state index contributed by atoms with van der Waals surface area (Å²) in [5.74, 6) is -2.10. The van der Waals surface area contributed by atoms with Gasteiger partial charge in [-0.15, -0.1) is 0 Å². The van der Waals surface area contributed by atoms with Crippen LogP contribution in [-0.2, 0) is 25.1 Å². The number of hydrogen-bond acceptors (Lipinski definition) is 6. The number of rotatable bonds is 5. The first kappa shape index (κ1) is 19.8. The molecule has 0 heterocycles. The molecule has 8 nitrogen and oxygen atoms in total. The van der Waals surface area contributed by atoms with Gasteiger partial charge >= 0.3 is 12.1 Å². The number of hydrogen-bond donors (Lipinski definition) is 3. The van der Waals surface area contributed by atoms with Crippen LogP contribution >= 0.6 is 0 Å². The highest BCUT2D eigenvalue weighted by Gasteiger charge is 2.26. The van der Waals surface area contributed by atoms with Crippen molar-refractivity contribution in [2.75, 3.05) is 6.26 Å². The van der Waals surface area contributed by atoms with Crippen LogP contribution in [-0.4, -0.2) is 42.6 Å². The number of aliphatic carboxylic acids is 1. The minimum Gasteiger partial charge on any atom is -0.508 e. The number of phenolic OH excluding ortho intramolecular Hbond substituents is 1. The monoisotopic (exact) mass is 359 g/mol. The van der Waals surface area contributed by atoms with Gasteiger partial charge in [-0.2, -0.15) is 0 Å². The average molecular weight is 359 g/mol. The first-order chi connectivity index (χ1) is 10.8. The number of phenols is 1. The summed E-state index contributed by atoms with van der Waals surface area (Å²) in [4.78, 5) is 23.1. The molecule has 1 aromatic carbocycles. The van der Waals surface area contributed by atoms with E-state index in [-0.39, 0.29) is 22.6 Å². The molecule has 0 fully saturated rings. The second kappa shape index (κ2) is 7.08. The van der Waals surface area contributed by atoms with Gasteiger partial charge in [-0.05, 0) is 32.4 Å². The molecule has 0 radical (unpaired) electrons. The predicted molar refractivity (Wildman–Crippen MR) is 86.4 cm³/mol. The molecule has 1 amide bonds. The molecule has 1 atom stereocenters. The van der Waals surface area contributed by atoms with Crippen molar-refractivity contribution in [1.82, 2.24) is 5.32 Å². The summed E-state index contributed by atoms with van der Waals surface area (Å²) in [5.41, 5.74) is -0.569. The number of carbonyl (C=O) groups is 2. The molecular formula is C15H21NO7S. The van der Waals surface area contributed by atoms with E-state index < -0.39 is 33.5 Å². The number of nitrogens with one attached hydrogen (secondary N) is 1. The van der Waals surface area contributed by atoms with Crippen LogP contribution in [0.1, 0.15) is 37.9 Å². The number of alkyl carbamates (subject to hydrolysis) is 1. The van der Waals surface area contributed by atoms with Crippen molar-refractivity contribution >= 4 is 21.9 Å². The van der Waals surface area contributed by atoms with Crippen LogP contribution in [0.5, 0.6) is 5.75 Å². The Kier molecular flexibility index (Phi) is 5.83. The Bertz CT molecular complexity index is 735. The summed E-state index contributed by atoms with van der Waals surface area (Å²) in [6.07, 6.45) is 0.0967. The molecule has 0 spiro atoms. The Morgan fingerprint density at radius 3 is 2.29 bits per heavy atom. The molecule has 0 bridgehead atoms. The SMILES string of the molecule is CC(C)(C)OC(=O)NC(C(=O)O)c1ccc(CS(C)(=O)=O)c(O)c1. The molecule has 0 aromatic heterocycles. The number of aromatic hydroxyl groups is 1. The fraction of sp³-hybridized carbons (Fsp3) is 0.467. The predicted octanol–water partition coefficient (Wildman–Crippen LogP) is 1.59. The molecule has 0 saturated heterocycles. The van der Waals surface area contributed by atoms with Gasteiger partial charge in [0.15, 0.2) is 15.9 Å². The van der Waals surface area contributed by atoms with E-state index >= 15 is 0 Å². The van der Waals surface area contributed by atoms with Crippen LogP contribution in [0.3, 0.4) is 0 Å². The molecule has 0 aliphatic carbocycles. The van der Waals surface area contributed by atoms with Gasteiger partial charge < -0.3 is 20.3 Å². The van der Waals surface area contributed by atoms with Crippen molar-refractivity contribution in [3.8, 4) is 5.75 Å². The molecule has 24 heavy (non-hydrogen) atoms. The Morgan fingerprint density at radius 1 is 1.29 bits per heavy atom. The molecule has 0 aliphatic heterocycles. The van der Waals surface area contributed by atoms with Gasteiger partial charge in [0, 0.05) is 11.8 Å². The van der Waals surface area contributed by atoms with Crippen molar-refractivity contribution < 1.29 is 33.0 Å². The summed E-state index contributed by atoms with van der Waals surface area (Å²) >= 11 is 0. The number of carboxylic acid groups (broad SMARTS) is 1. The van der Waals surface area contributed by atoms with Gasteiger partial charge in [0.05, 0.1) is 5.75 Å². The highest BCUT2D eigenvalue weighted by atomic mass is 32.2. The van der Waals surface area contributed by atoms with E-state index in [1.54, 1.807) is 20.8 Å². The summed E-state index contributed by atoms with van der Waals surface area (Å²) < 4.78 is 27.6. The van der Waals surface area contributed by atoms with Crippen molar-refractivity contribution in [1.29, 1.82) is 0 Å². The maximum atomic E-state index is 11.7. The largest absolute Gasteiger partial charge is 0.508 e. The Hall–Kier alpha value is -2.29. The van der Waals surface area contributed by atoms with Gasteiger partial charge in [0.1, 0.15) is 11.4 Å². The third kappa shape index (κ3) is 6.45. The lowest BCUT2D eigenvalue weighted by molar-refractivity contribution is -0.139. The highest BCUT2D eigenvalue weighted by molar-refractivity contribution is 7.89. The van der Waals surface area contributed by atoms with Crippen molar-refractivity contribution in [3.05, 3.63) is 29.3 Å². The fourth-order valence-electron chi connectivity index (χ4n) is 1.88. The smallest absolute Gasteiger partial charge is 0.408 e. The summed E-state index contributed by atoms with van der Waals surface area (Å²) in [6.45, 7) is 4.90. The van der Waals surface area contributed by atoms with E-state index in [1.165, 1.54) is 12.1 Å². The maximum Gasteiger partial charge on any atom is 0.408 e. The van der Waals surface area contributed by atoms with E-state index in [9.17, 15) is 28.2 Å². The Balaban J connectivity index is 3.04. The van der Waals surface area contributed by atoms with E-state index in [4.69, 9.17) is 4.74 Å². The number of carboxylic acids is 1. The summed E-state index contributed by atoms with van der Waals surface area (Å²) in [7, 11) is -3.35. The molecule has 134 valence electrons. The van der Waals surface area contributed by atoms with Gasteiger partial charge in [0.25, 0.3) is 0 Å². The lowest BCUT2D eigenvalue weighted by Crippen LogP contribution is -2.38. The van der Waals surface area contributed by atoms with Gasteiger partial charge in [-0.1, -0.05) is 12.1 Å². The van der Waals surface area contributed by atoms with Crippen molar-refractivity contribution in [2.45, 2.75) is 38.2 Å². The molecular weight excluding hydrogens is 338 g/mol. The molecule has 3 N–H and O–H groups in total. The van der Waals surface area contributed by atoms with Crippen LogP contribution in [0.25, 0.3) is 0 Å². The standard InChI is InChI=1S/C15H21NO7S/c1-15(2,3)23-14(20)16-12(13(18)19)9-5-6-10(11(17)7-9)8-24(4,21)22/h5-7,12,17H,8H2,1-4H3,(H,16,20)(H,18,19). The number of sulfone groups is 1. The summed E-state index contributed by atoms with van der Waals surface area (Å²) in [5, 5.41) is 21.4. The highest BCUT2D eigenvalue weighted by Crippen LogP contribution is 2.25. The molecule has 1 aromatic rings. The van der Waals surface area contributed by atoms with Crippen molar-refractivity contribution in [2.24, 2.45) is 0 Å². The van der Waals surface area contributed by atoms with E-state index in [1.807, 2.05) is 0 Å². The lowest BCUT2D eigenvalue weighted by Gasteiger charge is -2.22. The minimum absolute atomic E-state index is 0.0862. The normalized spacial score (nSPS) is 13.2. The quantitative estimate of drug-likeness (QED) is 0.727. The van der Waals surface area contributed by atoms with Crippen LogP contribution in [0.4, 0.5) is 4.79 Å². The van der Waals surface area contributed by atoms with E-state index in [0.717, 1.165) is 12.3 Å². The fourth-order valence-corrected chi connectivity index (χ4v) is 2.69. The third-order valence-corrected chi connectivity index (χ3v) is 3.60. The zero-order chi connectivity index (χ0) is 18.7. The summed E-state index contributed by atoms with van der Waals surface area (Å²) in [6, 6.07) is 2.30. The lowest BCUT2D eigenvalue weighted by atomic mass is 10.0. The Morgan fingerprint density at radius 2 is 1.88 bits per heavy atom. The molecule has 0 aliphatic rings. The second-order valence-electron chi connectivity index (χ2n) is 6.38. The maximum absolute atomic E-state index is 11.7. The minimum atomic E-state index is -3.35. The van der Waals surface area contributed by atoms with Crippen LogP contribution in [0, 0.1) is 0 Å². The van der Waals surface area contributed by atoms with Gasteiger partial charge in [-0.3, -0.25) is 0 Å². The number of amides is 1. The van der Waals surface area contributed by atoms with Crippen LogP contribution in [0.2, 0.25) is 0 Å². The topological polar surface area (TPSA) is 130 Å². The number of ether oxygens (including phenoxy) is 1. The van der Waals surface area contributed by atoms with E-state index in [0.29, 0.717) is 0 Å². The third-order valence-electron chi connectivity index (χ3n) is 2.77. The van der Waals surface area contributed by atoms with Crippen molar-refractivity contribution in [3.63, 3.8) is 0 Å². The second-order valence-corrected chi connectivity index (χ2v) is 8.52. The number of carbonyl (C=O) groups excluding carboxylic acids is 1. The van der Waals surface area contributed by atoms with Gasteiger partial charge in [-0.25, -0.2) is 18.0 Å². The van der Waals surface area contributed by atoms with Crippen LogP contribution < -0.4 is 5.32 Å². The zero-order valence-corrected chi connectivity index (χ0v) is 14.7. The molecule has 0 saturated carbocycles. The van der Waals surface area contributed by atoms with E-state index in [2.05, 4.69) is 5.32 Å². The Labute approximate surface area is 140 Å². The van der Waals surface area contributed by atoms with Gasteiger partial charge in [0.2, 0.25) is 0 Å².